The third-order valence-electron chi connectivity index (χ3n) is 5.97. The summed E-state index contributed by atoms with van der Waals surface area (Å²) in [6.07, 6.45) is 3.33. The van der Waals surface area contributed by atoms with Crippen molar-refractivity contribution in [3.8, 4) is 0 Å². The SMILES string of the molecule is CC(NC(=O)c1cc(NC(=O)Nc2ccccc2F)ccc1N1CCCCC1)c1ccccc1. The van der Waals surface area contributed by atoms with E-state index in [-0.39, 0.29) is 17.6 Å². The van der Waals surface area contributed by atoms with E-state index in [1.807, 2.05) is 43.3 Å². The van der Waals surface area contributed by atoms with Gasteiger partial charge in [0.1, 0.15) is 5.82 Å². The summed E-state index contributed by atoms with van der Waals surface area (Å²) in [5.74, 6) is -0.733. The average molecular weight is 461 g/mol. The molecule has 0 radical (unpaired) electrons. The minimum absolute atomic E-state index is 0.0830. The third kappa shape index (κ3) is 5.73. The minimum Gasteiger partial charge on any atom is -0.371 e. The Hall–Kier alpha value is -3.87. The summed E-state index contributed by atoms with van der Waals surface area (Å²) in [6, 6.07) is 20.3. The van der Waals surface area contributed by atoms with Crippen LogP contribution in [0.5, 0.6) is 0 Å². The van der Waals surface area contributed by atoms with Gasteiger partial charge in [-0.05, 0) is 62.1 Å². The molecular weight excluding hydrogens is 431 g/mol. The van der Waals surface area contributed by atoms with Crippen molar-refractivity contribution in [2.45, 2.75) is 32.2 Å². The summed E-state index contributed by atoms with van der Waals surface area (Å²) in [4.78, 5) is 28.0. The molecule has 7 heteroatoms. The molecule has 0 aliphatic carbocycles. The van der Waals surface area contributed by atoms with Crippen LogP contribution in [0.1, 0.15) is 48.1 Å². The van der Waals surface area contributed by atoms with Crippen LogP contribution in [-0.4, -0.2) is 25.0 Å². The molecule has 176 valence electrons. The maximum Gasteiger partial charge on any atom is 0.323 e. The number of hydrogen-bond donors (Lipinski definition) is 3. The molecule has 34 heavy (non-hydrogen) atoms. The van der Waals surface area contributed by atoms with E-state index in [4.69, 9.17) is 0 Å². The number of carbonyl (C=O) groups is 2. The fraction of sp³-hybridized carbons (Fsp3) is 0.259. The molecule has 1 fully saturated rings. The van der Waals surface area contributed by atoms with E-state index in [1.54, 1.807) is 24.3 Å². The van der Waals surface area contributed by atoms with Gasteiger partial charge in [-0.1, -0.05) is 42.5 Å². The predicted octanol–water partition coefficient (Wildman–Crippen LogP) is 5.95. The highest BCUT2D eigenvalue weighted by atomic mass is 19.1. The fourth-order valence-electron chi connectivity index (χ4n) is 4.15. The number of benzene rings is 3. The molecule has 0 bridgehead atoms. The van der Waals surface area contributed by atoms with Gasteiger partial charge in [-0.2, -0.15) is 0 Å². The first kappa shape index (κ1) is 23.3. The van der Waals surface area contributed by atoms with Crippen LogP contribution in [0, 0.1) is 5.82 Å². The van der Waals surface area contributed by atoms with E-state index in [2.05, 4.69) is 20.9 Å². The van der Waals surface area contributed by atoms with Crippen molar-refractivity contribution in [1.29, 1.82) is 0 Å². The van der Waals surface area contributed by atoms with Crippen LogP contribution in [0.2, 0.25) is 0 Å². The van der Waals surface area contributed by atoms with Crippen molar-refractivity contribution in [3.63, 3.8) is 0 Å². The Kier molecular flexibility index (Phi) is 7.42. The lowest BCUT2D eigenvalue weighted by Gasteiger charge is -2.31. The first-order valence-electron chi connectivity index (χ1n) is 11.6. The van der Waals surface area contributed by atoms with E-state index in [1.165, 1.54) is 18.6 Å². The standard InChI is InChI=1S/C27H29FN4O2/c1-19(20-10-4-2-5-11-20)29-26(33)22-18-21(14-15-25(22)32-16-8-3-9-17-32)30-27(34)31-24-13-7-6-12-23(24)28/h2,4-7,10-15,18-19H,3,8-9,16-17H2,1H3,(H,29,33)(H2,30,31,34). The summed E-state index contributed by atoms with van der Waals surface area (Å²) in [6.45, 7) is 3.71. The summed E-state index contributed by atoms with van der Waals surface area (Å²) in [5.41, 5.74) is 2.88. The number of anilines is 3. The zero-order valence-electron chi connectivity index (χ0n) is 19.2. The number of nitrogens with one attached hydrogen (secondary N) is 3. The summed E-state index contributed by atoms with van der Waals surface area (Å²) >= 11 is 0. The lowest BCUT2D eigenvalue weighted by Crippen LogP contribution is -2.33. The normalized spacial score (nSPS) is 14.2. The van der Waals surface area contributed by atoms with Gasteiger partial charge in [0.15, 0.2) is 0 Å². The first-order chi connectivity index (χ1) is 16.5. The number of amides is 3. The number of carbonyl (C=O) groups excluding carboxylic acids is 2. The number of para-hydroxylation sites is 1. The maximum absolute atomic E-state index is 13.9. The fourth-order valence-corrected chi connectivity index (χ4v) is 4.15. The van der Waals surface area contributed by atoms with Gasteiger partial charge in [0, 0.05) is 24.5 Å². The molecule has 1 atom stereocenters. The van der Waals surface area contributed by atoms with Crippen LogP contribution >= 0.6 is 0 Å². The number of halogens is 1. The van der Waals surface area contributed by atoms with Crippen molar-refractivity contribution in [1.82, 2.24) is 5.32 Å². The Balaban J connectivity index is 1.55. The highest BCUT2D eigenvalue weighted by Gasteiger charge is 2.21. The largest absolute Gasteiger partial charge is 0.371 e. The quantitative estimate of drug-likeness (QED) is 0.426. The molecule has 0 aromatic heterocycles. The van der Waals surface area contributed by atoms with Gasteiger partial charge in [0.25, 0.3) is 5.91 Å². The molecule has 3 N–H and O–H groups in total. The molecule has 1 aliphatic rings. The zero-order valence-corrected chi connectivity index (χ0v) is 19.2. The van der Waals surface area contributed by atoms with Crippen molar-refractivity contribution in [2.75, 3.05) is 28.6 Å². The van der Waals surface area contributed by atoms with Crippen LogP contribution in [-0.2, 0) is 0 Å². The third-order valence-corrected chi connectivity index (χ3v) is 5.97. The van der Waals surface area contributed by atoms with Crippen molar-refractivity contribution < 1.29 is 14.0 Å². The van der Waals surface area contributed by atoms with Crippen LogP contribution < -0.4 is 20.9 Å². The molecule has 0 saturated carbocycles. The molecule has 4 rings (SSSR count). The predicted molar refractivity (Wildman–Crippen MR) is 134 cm³/mol. The van der Waals surface area contributed by atoms with Crippen LogP contribution in [0.4, 0.5) is 26.2 Å². The number of rotatable bonds is 6. The van der Waals surface area contributed by atoms with E-state index in [0.29, 0.717) is 11.3 Å². The molecule has 0 spiro atoms. The van der Waals surface area contributed by atoms with E-state index >= 15 is 0 Å². The molecule has 3 aromatic rings. The van der Waals surface area contributed by atoms with Crippen molar-refractivity contribution >= 4 is 29.0 Å². The topological polar surface area (TPSA) is 73.5 Å². The number of urea groups is 1. The second kappa shape index (κ2) is 10.8. The first-order valence-corrected chi connectivity index (χ1v) is 11.6. The number of piperidine rings is 1. The summed E-state index contributed by atoms with van der Waals surface area (Å²) < 4.78 is 13.9. The maximum atomic E-state index is 13.9. The van der Waals surface area contributed by atoms with Gasteiger partial charge in [-0.3, -0.25) is 4.79 Å². The summed E-state index contributed by atoms with van der Waals surface area (Å²) in [5, 5.41) is 8.29. The van der Waals surface area contributed by atoms with Gasteiger partial charge in [0.05, 0.1) is 17.3 Å². The lowest BCUT2D eigenvalue weighted by atomic mass is 10.0. The van der Waals surface area contributed by atoms with E-state index < -0.39 is 11.8 Å². The zero-order chi connectivity index (χ0) is 23.9. The second-order valence-electron chi connectivity index (χ2n) is 8.44. The van der Waals surface area contributed by atoms with E-state index in [9.17, 15) is 14.0 Å². The Morgan fingerprint density at radius 2 is 1.59 bits per heavy atom. The lowest BCUT2D eigenvalue weighted by molar-refractivity contribution is 0.0940. The Labute approximate surface area is 199 Å². The smallest absolute Gasteiger partial charge is 0.323 e. The molecule has 1 unspecified atom stereocenters. The molecule has 1 aliphatic heterocycles. The monoisotopic (exact) mass is 460 g/mol. The number of nitrogens with zero attached hydrogens (tertiary/aromatic N) is 1. The average Bonchev–Trinajstić information content (AvgIpc) is 2.86. The van der Waals surface area contributed by atoms with Gasteiger partial charge < -0.3 is 20.9 Å². The Morgan fingerprint density at radius 1 is 0.882 bits per heavy atom. The molecule has 6 nitrogen and oxygen atoms in total. The van der Waals surface area contributed by atoms with Crippen molar-refractivity contribution in [2.24, 2.45) is 0 Å². The molecule has 3 amide bonds. The van der Waals surface area contributed by atoms with Crippen LogP contribution in [0.25, 0.3) is 0 Å². The molecular formula is C27H29FN4O2. The molecule has 3 aromatic carbocycles. The highest BCUT2D eigenvalue weighted by Crippen LogP contribution is 2.28. The van der Waals surface area contributed by atoms with Crippen LogP contribution in [0.3, 0.4) is 0 Å². The van der Waals surface area contributed by atoms with E-state index in [0.717, 1.165) is 37.2 Å². The Bertz CT molecular complexity index is 1150. The number of hydrogen-bond acceptors (Lipinski definition) is 3. The molecule has 1 saturated heterocycles. The van der Waals surface area contributed by atoms with Gasteiger partial charge >= 0.3 is 6.03 Å². The van der Waals surface area contributed by atoms with Gasteiger partial charge in [-0.15, -0.1) is 0 Å². The second-order valence-corrected chi connectivity index (χ2v) is 8.44. The van der Waals surface area contributed by atoms with Gasteiger partial charge in [-0.25, -0.2) is 9.18 Å². The minimum atomic E-state index is -0.583. The van der Waals surface area contributed by atoms with Crippen LogP contribution in [0.15, 0.2) is 72.8 Å². The van der Waals surface area contributed by atoms with Crippen molar-refractivity contribution in [3.05, 3.63) is 89.7 Å². The van der Waals surface area contributed by atoms with Gasteiger partial charge in [0.2, 0.25) is 0 Å². The Morgan fingerprint density at radius 3 is 2.32 bits per heavy atom. The molecule has 1 heterocycles. The highest BCUT2D eigenvalue weighted by molar-refractivity contribution is 6.04. The summed E-state index contributed by atoms with van der Waals surface area (Å²) in [7, 11) is 0.